The van der Waals surface area contributed by atoms with E-state index in [0.29, 0.717) is 17.5 Å². The molecule has 21 heavy (non-hydrogen) atoms. The van der Waals surface area contributed by atoms with Crippen molar-refractivity contribution >= 4 is 17.7 Å². The largest absolute Gasteiger partial charge is 0.497 e. The average molecular weight is 307 g/mol. The second kappa shape index (κ2) is 8.98. The molecule has 2 rings (SSSR count). The highest BCUT2D eigenvalue weighted by Crippen LogP contribution is 2.27. The van der Waals surface area contributed by atoms with Crippen LogP contribution in [-0.4, -0.2) is 30.6 Å². The van der Waals surface area contributed by atoms with E-state index in [1.54, 1.807) is 7.11 Å². The Morgan fingerprint density at radius 3 is 2.62 bits per heavy atom. The van der Waals surface area contributed by atoms with Gasteiger partial charge in [-0.2, -0.15) is 0 Å². The van der Waals surface area contributed by atoms with E-state index in [1.165, 1.54) is 37.7 Å². The summed E-state index contributed by atoms with van der Waals surface area (Å²) in [5.74, 6) is 1.64. The third-order valence-electron chi connectivity index (χ3n) is 3.90. The lowest BCUT2D eigenvalue weighted by Crippen LogP contribution is -2.28. The molecule has 0 heterocycles. The highest BCUT2D eigenvalue weighted by atomic mass is 32.2. The van der Waals surface area contributed by atoms with Crippen molar-refractivity contribution in [2.24, 2.45) is 0 Å². The Morgan fingerprint density at radius 1 is 1.24 bits per heavy atom. The Hall–Kier alpha value is -1.16. The van der Waals surface area contributed by atoms with Gasteiger partial charge in [-0.1, -0.05) is 31.4 Å². The molecule has 1 saturated carbocycles. The predicted molar refractivity (Wildman–Crippen MR) is 89.0 cm³/mol. The molecule has 116 valence electrons. The highest BCUT2D eigenvalue weighted by molar-refractivity contribution is 8.00. The third-order valence-corrected chi connectivity index (χ3v) is 5.27. The van der Waals surface area contributed by atoms with E-state index in [1.807, 2.05) is 36.0 Å². The van der Waals surface area contributed by atoms with Crippen LogP contribution in [0, 0.1) is 0 Å². The van der Waals surface area contributed by atoms with Crippen molar-refractivity contribution in [1.82, 2.24) is 5.32 Å². The average Bonchev–Trinajstić information content (AvgIpc) is 2.54. The minimum absolute atomic E-state index is 0.166. The van der Waals surface area contributed by atoms with Crippen LogP contribution >= 0.6 is 11.8 Å². The molecule has 0 spiro atoms. The number of nitrogens with one attached hydrogen (secondary N) is 1. The first-order valence-electron chi connectivity index (χ1n) is 7.79. The molecule has 0 aromatic heterocycles. The number of carbonyl (C=O) groups is 1. The molecule has 0 aliphatic heterocycles. The standard InChI is InChI=1S/C17H25NO2S/c1-20-15-9-7-14(8-10-15)11-12-18-17(19)13-21-16-5-3-2-4-6-16/h7-10,16H,2-6,11-13H2,1H3,(H,18,19). The molecule has 1 aliphatic carbocycles. The summed E-state index contributed by atoms with van der Waals surface area (Å²) in [7, 11) is 1.67. The first-order chi connectivity index (χ1) is 10.3. The second-order valence-corrected chi connectivity index (χ2v) is 6.81. The molecule has 0 bridgehead atoms. The van der Waals surface area contributed by atoms with Crippen LogP contribution in [0.4, 0.5) is 0 Å². The number of hydrogen-bond donors (Lipinski definition) is 1. The van der Waals surface area contributed by atoms with Crippen molar-refractivity contribution in [3.63, 3.8) is 0 Å². The van der Waals surface area contributed by atoms with E-state index in [4.69, 9.17) is 4.74 Å². The lowest BCUT2D eigenvalue weighted by molar-refractivity contribution is -0.118. The Balaban J connectivity index is 1.59. The summed E-state index contributed by atoms with van der Waals surface area (Å²) in [5, 5.41) is 3.71. The van der Waals surface area contributed by atoms with Gasteiger partial charge < -0.3 is 10.1 Å². The van der Waals surface area contributed by atoms with Crippen molar-refractivity contribution in [3.8, 4) is 5.75 Å². The van der Waals surface area contributed by atoms with Crippen LogP contribution in [0.3, 0.4) is 0 Å². The number of rotatable bonds is 7. The molecular weight excluding hydrogens is 282 g/mol. The summed E-state index contributed by atoms with van der Waals surface area (Å²) in [5.41, 5.74) is 1.22. The molecule has 1 aromatic carbocycles. The molecular formula is C17H25NO2S. The smallest absolute Gasteiger partial charge is 0.230 e. The molecule has 0 radical (unpaired) electrons. The maximum Gasteiger partial charge on any atom is 0.230 e. The van der Waals surface area contributed by atoms with Crippen LogP contribution in [0.5, 0.6) is 5.75 Å². The molecule has 0 saturated heterocycles. The zero-order chi connectivity index (χ0) is 14.9. The molecule has 1 N–H and O–H groups in total. The van der Waals surface area contributed by atoms with E-state index < -0.39 is 0 Å². The van der Waals surface area contributed by atoms with Gasteiger partial charge in [0, 0.05) is 11.8 Å². The second-order valence-electron chi connectivity index (χ2n) is 5.52. The van der Waals surface area contributed by atoms with Crippen LogP contribution in [0.25, 0.3) is 0 Å². The molecule has 1 amide bonds. The third kappa shape index (κ3) is 6.00. The Labute approximate surface area is 131 Å². The van der Waals surface area contributed by atoms with Crippen LogP contribution in [0.15, 0.2) is 24.3 Å². The fourth-order valence-electron chi connectivity index (χ4n) is 2.61. The fraction of sp³-hybridized carbons (Fsp3) is 0.588. The highest BCUT2D eigenvalue weighted by Gasteiger charge is 2.14. The SMILES string of the molecule is COc1ccc(CCNC(=O)CSC2CCCCC2)cc1. The topological polar surface area (TPSA) is 38.3 Å². The molecule has 4 heteroatoms. The number of ether oxygens (including phenoxy) is 1. The summed E-state index contributed by atoms with van der Waals surface area (Å²) >= 11 is 1.83. The van der Waals surface area contributed by atoms with Gasteiger partial charge in [-0.15, -0.1) is 11.8 Å². The quantitative estimate of drug-likeness (QED) is 0.839. The minimum atomic E-state index is 0.166. The van der Waals surface area contributed by atoms with Crippen LogP contribution < -0.4 is 10.1 Å². The van der Waals surface area contributed by atoms with Gasteiger partial charge in [-0.3, -0.25) is 4.79 Å². The number of carbonyl (C=O) groups excluding carboxylic acids is 1. The van der Waals surface area contributed by atoms with Gasteiger partial charge in [-0.25, -0.2) is 0 Å². The number of thioether (sulfide) groups is 1. The monoisotopic (exact) mass is 307 g/mol. The number of hydrogen-bond acceptors (Lipinski definition) is 3. The van der Waals surface area contributed by atoms with E-state index >= 15 is 0 Å². The molecule has 3 nitrogen and oxygen atoms in total. The van der Waals surface area contributed by atoms with Crippen LogP contribution in [0.2, 0.25) is 0 Å². The number of amides is 1. The van der Waals surface area contributed by atoms with Crippen molar-refractivity contribution in [1.29, 1.82) is 0 Å². The first-order valence-corrected chi connectivity index (χ1v) is 8.84. The Bertz CT molecular complexity index is 427. The van der Waals surface area contributed by atoms with E-state index in [-0.39, 0.29) is 5.91 Å². The van der Waals surface area contributed by atoms with Gasteiger partial charge in [0.25, 0.3) is 0 Å². The van der Waals surface area contributed by atoms with Crippen molar-refractivity contribution in [3.05, 3.63) is 29.8 Å². The van der Waals surface area contributed by atoms with E-state index in [2.05, 4.69) is 5.32 Å². The molecule has 1 aromatic rings. The van der Waals surface area contributed by atoms with Gasteiger partial charge in [-0.05, 0) is 37.0 Å². The lowest BCUT2D eigenvalue weighted by atomic mass is 10.0. The van der Waals surface area contributed by atoms with Gasteiger partial charge >= 0.3 is 0 Å². The maximum absolute atomic E-state index is 11.8. The number of benzene rings is 1. The minimum Gasteiger partial charge on any atom is -0.497 e. The maximum atomic E-state index is 11.8. The lowest BCUT2D eigenvalue weighted by Gasteiger charge is -2.20. The summed E-state index contributed by atoms with van der Waals surface area (Å²) in [6, 6.07) is 8.00. The van der Waals surface area contributed by atoms with Crippen LogP contribution in [-0.2, 0) is 11.2 Å². The summed E-state index contributed by atoms with van der Waals surface area (Å²) in [6.45, 7) is 0.705. The number of methoxy groups -OCH3 is 1. The zero-order valence-corrected chi connectivity index (χ0v) is 13.6. The van der Waals surface area contributed by atoms with Crippen molar-refractivity contribution in [2.45, 2.75) is 43.8 Å². The molecule has 1 aliphatic rings. The van der Waals surface area contributed by atoms with Gasteiger partial charge in [0.05, 0.1) is 12.9 Å². The summed E-state index contributed by atoms with van der Waals surface area (Å²) in [6.07, 6.45) is 7.45. The van der Waals surface area contributed by atoms with Crippen molar-refractivity contribution < 1.29 is 9.53 Å². The predicted octanol–water partition coefficient (Wildman–Crippen LogP) is 3.42. The van der Waals surface area contributed by atoms with E-state index in [9.17, 15) is 4.79 Å². The van der Waals surface area contributed by atoms with E-state index in [0.717, 1.165) is 12.2 Å². The summed E-state index contributed by atoms with van der Waals surface area (Å²) in [4.78, 5) is 11.8. The Kier molecular flexibility index (Phi) is 6.93. The normalized spacial score (nSPS) is 15.7. The van der Waals surface area contributed by atoms with Crippen molar-refractivity contribution in [2.75, 3.05) is 19.4 Å². The Morgan fingerprint density at radius 2 is 1.95 bits per heavy atom. The zero-order valence-electron chi connectivity index (χ0n) is 12.8. The van der Waals surface area contributed by atoms with Crippen LogP contribution in [0.1, 0.15) is 37.7 Å². The van der Waals surface area contributed by atoms with Gasteiger partial charge in [0.2, 0.25) is 5.91 Å². The first kappa shape index (κ1) is 16.2. The molecule has 0 unspecified atom stereocenters. The summed E-state index contributed by atoms with van der Waals surface area (Å²) < 4.78 is 5.13. The molecule has 1 fully saturated rings. The van der Waals surface area contributed by atoms with Gasteiger partial charge in [0.15, 0.2) is 0 Å². The fourth-order valence-corrected chi connectivity index (χ4v) is 3.77. The van der Waals surface area contributed by atoms with Gasteiger partial charge in [0.1, 0.15) is 5.75 Å². The molecule has 0 atom stereocenters.